The van der Waals surface area contributed by atoms with Crippen LogP contribution in [0.4, 0.5) is 13.2 Å². The van der Waals surface area contributed by atoms with Gasteiger partial charge < -0.3 is 9.47 Å². The molecule has 0 spiro atoms. The highest BCUT2D eigenvalue weighted by molar-refractivity contribution is 6.12. The second-order valence-corrected chi connectivity index (χ2v) is 6.15. The fourth-order valence-electron chi connectivity index (χ4n) is 2.83. The summed E-state index contributed by atoms with van der Waals surface area (Å²) in [6, 6.07) is 3.18. The van der Waals surface area contributed by atoms with Gasteiger partial charge in [0, 0.05) is 12.6 Å². The topological polar surface area (TPSA) is 101 Å². The third-order valence-corrected chi connectivity index (χ3v) is 4.19. The van der Waals surface area contributed by atoms with Gasteiger partial charge in [0.2, 0.25) is 11.7 Å². The number of aryl methyl sites for hydroxylation is 2. The standard InChI is InChI=1S/C18H16F3N5O4/c1-10-15(17(25(2)24-10)30-7-14(27)29-3)16(28)12-5-4-11(26-9-22-8-23-26)6-13(12)18(19,20)21/h4-6,8-9H,7H2,1-3H3. The summed E-state index contributed by atoms with van der Waals surface area (Å²) < 4.78 is 53.3. The van der Waals surface area contributed by atoms with Gasteiger partial charge in [-0.05, 0) is 25.1 Å². The molecule has 0 aliphatic rings. The monoisotopic (exact) mass is 423 g/mol. The molecule has 0 saturated heterocycles. The van der Waals surface area contributed by atoms with E-state index in [2.05, 4.69) is 19.9 Å². The molecule has 30 heavy (non-hydrogen) atoms. The van der Waals surface area contributed by atoms with Gasteiger partial charge >= 0.3 is 12.1 Å². The number of ether oxygens (including phenoxy) is 2. The van der Waals surface area contributed by atoms with Crippen molar-refractivity contribution < 1.29 is 32.2 Å². The summed E-state index contributed by atoms with van der Waals surface area (Å²) in [5, 5.41) is 7.83. The smallest absolute Gasteiger partial charge is 0.417 e. The second kappa shape index (κ2) is 7.97. The lowest BCUT2D eigenvalue weighted by Crippen LogP contribution is -2.18. The summed E-state index contributed by atoms with van der Waals surface area (Å²) >= 11 is 0. The minimum Gasteiger partial charge on any atom is -0.466 e. The number of halogens is 3. The van der Waals surface area contributed by atoms with Crippen LogP contribution in [0.1, 0.15) is 27.2 Å². The maximum absolute atomic E-state index is 13.7. The molecule has 3 aromatic rings. The summed E-state index contributed by atoms with van der Waals surface area (Å²) in [7, 11) is 2.59. The molecular weight excluding hydrogens is 407 g/mol. The van der Waals surface area contributed by atoms with Gasteiger partial charge in [0.25, 0.3) is 0 Å². The zero-order valence-electron chi connectivity index (χ0n) is 16.1. The van der Waals surface area contributed by atoms with E-state index in [0.29, 0.717) is 0 Å². The molecule has 0 bridgehead atoms. The Bertz CT molecular complexity index is 1090. The Morgan fingerprint density at radius 3 is 2.57 bits per heavy atom. The summed E-state index contributed by atoms with van der Waals surface area (Å²) in [6.45, 7) is 0.919. The Balaban J connectivity index is 2.08. The van der Waals surface area contributed by atoms with Gasteiger partial charge in [-0.15, -0.1) is 0 Å². The van der Waals surface area contributed by atoms with E-state index in [9.17, 15) is 22.8 Å². The van der Waals surface area contributed by atoms with Crippen molar-refractivity contribution in [2.45, 2.75) is 13.1 Å². The number of benzene rings is 1. The van der Waals surface area contributed by atoms with Crippen LogP contribution in [0.2, 0.25) is 0 Å². The number of aromatic nitrogens is 5. The molecule has 0 aliphatic carbocycles. The van der Waals surface area contributed by atoms with E-state index < -0.39 is 35.7 Å². The third-order valence-electron chi connectivity index (χ3n) is 4.19. The first-order valence-electron chi connectivity index (χ1n) is 8.47. The fourth-order valence-corrected chi connectivity index (χ4v) is 2.83. The molecule has 0 radical (unpaired) electrons. The lowest BCUT2D eigenvalue weighted by atomic mass is 9.97. The fraction of sp³-hybridized carbons (Fsp3) is 0.278. The first-order chi connectivity index (χ1) is 14.1. The minimum atomic E-state index is -4.81. The number of rotatable bonds is 6. The van der Waals surface area contributed by atoms with E-state index in [0.717, 1.165) is 23.9 Å². The Hall–Kier alpha value is -3.70. The van der Waals surface area contributed by atoms with Gasteiger partial charge in [-0.1, -0.05) is 0 Å². The number of carbonyl (C=O) groups excluding carboxylic acids is 2. The SMILES string of the molecule is COC(=O)COc1c(C(=O)c2ccc(-n3cncn3)cc2C(F)(F)F)c(C)nn1C. The summed E-state index contributed by atoms with van der Waals surface area (Å²) in [4.78, 5) is 28.2. The number of esters is 1. The normalized spacial score (nSPS) is 11.4. The maximum atomic E-state index is 13.7. The number of ketones is 1. The number of hydrogen-bond acceptors (Lipinski definition) is 7. The van der Waals surface area contributed by atoms with Crippen LogP contribution in [0.3, 0.4) is 0 Å². The van der Waals surface area contributed by atoms with Crippen LogP contribution in [0.5, 0.6) is 5.88 Å². The van der Waals surface area contributed by atoms with Crippen molar-refractivity contribution in [1.82, 2.24) is 24.5 Å². The first-order valence-corrected chi connectivity index (χ1v) is 8.47. The molecule has 9 nitrogen and oxygen atoms in total. The molecular formula is C18H16F3N5O4. The summed E-state index contributed by atoms with van der Waals surface area (Å²) in [5.41, 5.74) is -1.69. The average Bonchev–Trinajstić information content (AvgIpc) is 3.32. The molecule has 3 rings (SSSR count). The van der Waals surface area contributed by atoms with E-state index in [1.54, 1.807) is 0 Å². The van der Waals surface area contributed by atoms with Crippen LogP contribution >= 0.6 is 0 Å². The van der Waals surface area contributed by atoms with Crippen molar-refractivity contribution in [2.75, 3.05) is 13.7 Å². The predicted octanol–water partition coefficient (Wildman–Crippen LogP) is 2.11. The van der Waals surface area contributed by atoms with Crippen LogP contribution in [-0.4, -0.2) is 50.0 Å². The maximum Gasteiger partial charge on any atom is 0.417 e. The van der Waals surface area contributed by atoms with Crippen molar-refractivity contribution in [3.63, 3.8) is 0 Å². The molecule has 158 valence electrons. The van der Waals surface area contributed by atoms with Gasteiger partial charge in [0.05, 0.1) is 24.1 Å². The number of carbonyl (C=O) groups is 2. The predicted molar refractivity (Wildman–Crippen MR) is 95.2 cm³/mol. The van der Waals surface area contributed by atoms with Crippen LogP contribution < -0.4 is 4.74 Å². The molecule has 0 amide bonds. The Kier molecular flexibility index (Phi) is 5.58. The van der Waals surface area contributed by atoms with Gasteiger partial charge in [-0.2, -0.15) is 23.4 Å². The molecule has 1 aromatic carbocycles. The van der Waals surface area contributed by atoms with Crippen LogP contribution in [0.15, 0.2) is 30.9 Å². The zero-order chi connectivity index (χ0) is 22.1. The summed E-state index contributed by atoms with van der Waals surface area (Å²) in [5.74, 6) is -1.81. The van der Waals surface area contributed by atoms with Gasteiger partial charge in [-0.3, -0.25) is 4.79 Å². The highest BCUT2D eigenvalue weighted by Gasteiger charge is 2.37. The molecule has 0 N–H and O–H groups in total. The van der Waals surface area contributed by atoms with Crippen molar-refractivity contribution in [3.8, 4) is 11.6 Å². The largest absolute Gasteiger partial charge is 0.466 e. The number of hydrogen-bond donors (Lipinski definition) is 0. The molecule has 0 saturated carbocycles. The quantitative estimate of drug-likeness (QED) is 0.442. The molecule has 2 heterocycles. The van der Waals surface area contributed by atoms with E-state index >= 15 is 0 Å². The highest BCUT2D eigenvalue weighted by Crippen LogP contribution is 2.36. The number of methoxy groups -OCH3 is 1. The van der Waals surface area contributed by atoms with Crippen LogP contribution in [-0.2, 0) is 22.8 Å². The molecule has 0 fully saturated rings. The molecule has 0 aliphatic heterocycles. The van der Waals surface area contributed by atoms with E-state index in [1.165, 1.54) is 37.4 Å². The average molecular weight is 423 g/mol. The number of nitrogens with zero attached hydrogens (tertiary/aromatic N) is 5. The molecule has 0 unspecified atom stereocenters. The Labute approximate surface area is 168 Å². The van der Waals surface area contributed by atoms with Crippen LogP contribution in [0.25, 0.3) is 5.69 Å². The van der Waals surface area contributed by atoms with Gasteiger partial charge in [-0.25, -0.2) is 19.1 Å². The molecule has 12 heteroatoms. The third kappa shape index (κ3) is 4.02. The lowest BCUT2D eigenvalue weighted by Gasteiger charge is -2.14. The van der Waals surface area contributed by atoms with Crippen LogP contribution in [0, 0.1) is 6.92 Å². The molecule has 0 atom stereocenters. The molecule has 2 aromatic heterocycles. The zero-order valence-corrected chi connectivity index (χ0v) is 16.1. The van der Waals surface area contributed by atoms with Crippen molar-refractivity contribution in [3.05, 3.63) is 53.2 Å². The summed E-state index contributed by atoms with van der Waals surface area (Å²) in [6.07, 6.45) is -2.40. The second-order valence-electron chi connectivity index (χ2n) is 6.15. The Morgan fingerprint density at radius 2 is 1.97 bits per heavy atom. The van der Waals surface area contributed by atoms with Crippen molar-refractivity contribution in [2.24, 2.45) is 7.05 Å². The van der Waals surface area contributed by atoms with E-state index in [1.807, 2.05) is 0 Å². The first kappa shape index (κ1) is 21.0. The minimum absolute atomic E-state index is 0.0847. The van der Waals surface area contributed by atoms with E-state index in [-0.39, 0.29) is 22.8 Å². The van der Waals surface area contributed by atoms with Crippen molar-refractivity contribution in [1.29, 1.82) is 0 Å². The van der Waals surface area contributed by atoms with Gasteiger partial charge in [0.15, 0.2) is 6.61 Å². The van der Waals surface area contributed by atoms with E-state index in [4.69, 9.17) is 4.74 Å². The number of alkyl halides is 3. The highest BCUT2D eigenvalue weighted by atomic mass is 19.4. The van der Waals surface area contributed by atoms with Crippen molar-refractivity contribution >= 4 is 11.8 Å². The lowest BCUT2D eigenvalue weighted by molar-refractivity contribution is -0.143. The van der Waals surface area contributed by atoms with Gasteiger partial charge in [0.1, 0.15) is 18.2 Å². The Morgan fingerprint density at radius 1 is 1.23 bits per heavy atom.